The van der Waals surface area contributed by atoms with Crippen LogP contribution in [0.2, 0.25) is 0 Å². The van der Waals surface area contributed by atoms with Crippen LogP contribution in [0.3, 0.4) is 0 Å². The highest BCUT2D eigenvalue weighted by molar-refractivity contribution is 5.74. The van der Waals surface area contributed by atoms with E-state index in [0.29, 0.717) is 5.75 Å². The minimum Gasteiger partial charge on any atom is -0.482 e. The van der Waals surface area contributed by atoms with Gasteiger partial charge in [-0.25, -0.2) is 4.79 Å². The van der Waals surface area contributed by atoms with Crippen molar-refractivity contribution >= 4 is 11.9 Å². The van der Waals surface area contributed by atoms with Gasteiger partial charge in [0.15, 0.2) is 6.61 Å². The number of methoxy groups -OCH3 is 1. The molecular formula is C16H22O5. The summed E-state index contributed by atoms with van der Waals surface area (Å²) in [5.74, 6) is -0.760. The van der Waals surface area contributed by atoms with Gasteiger partial charge in [-0.2, -0.15) is 0 Å². The third kappa shape index (κ3) is 5.10. The molecule has 0 amide bonds. The first-order valence-electron chi connectivity index (χ1n) is 6.97. The Morgan fingerprint density at radius 3 is 2.48 bits per heavy atom. The molecule has 0 fully saturated rings. The quantitative estimate of drug-likeness (QED) is 0.722. The van der Waals surface area contributed by atoms with E-state index in [1.54, 1.807) is 13.8 Å². The van der Waals surface area contributed by atoms with Crippen LogP contribution >= 0.6 is 0 Å². The molecule has 116 valence electrons. The maximum atomic E-state index is 11.7. The smallest absolute Gasteiger partial charge is 0.344 e. The predicted molar refractivity (Wildman–Crippen MR) is 78.0 cm³/mol. The van der Waals surface area contributed by atoms with Crippen molar-refractivity contribution in [2.45, 2.75) is 33.3 Å². The summed E-state index contributed by atoms with van der Waals surface area (Å²) in [6.07, 6.45) is 0.260. The van der Waals surface area contributed by atoms with E-state index >= 15 is 0 Å². The lowest BCUT2D eigenvalue weighted by Gasteiger charge is -2.18. The Morgan fingerprint density at radius 2 is 1.86 bits per heavy atom. The van der Waals surface area contributed by atoms with E-state index in [9.17, 15) is 9.59 Å². The van der Waals surface area contributed by atoms with Crippen molar-refractivity contribution in [3.8, 4) is 5.75 Å². The molecular weight excluding hydrogens is 272 g/mol. The maximum Gasteiger partial charge on any atom is 0.344 e. The van der Waals surface area contributed by atoms with Crippen LogP contribution in [-0.2, 0) is 25.5 Å². The molecule has 1 aromatic carbocycles. The summed E-state index contributed by atoms with van der Waals surface area (Å²) in [5, 5.41) is 0. The topological polar surface area (TPSA) is 61.8 Å². The third-order valence-electron chi connectivity index (χ3n) is 3.29. The van der Waals surface area contributed by atoms with Gasteiger partial charge in [-0.15, -0.1) is 0 Å². The van der Waals surface area contributed by atoms with Gasteiger partial charge in [0, 0.05) is 0 Å². The number of para-hydroxylation sites is 1. The van der Waals surface area contributed by atoms with Crippen molar-refractivity contribution in [2.75, 3.05) is 13.7 Å². The Balaban J connectivity index is 2.49. The van der Waals surface area contributed by atoms with E-state index in [-0.39, 0.29) is 6.61 Å². The summed E-state index contributed by atoms with van der Waals surface area (Å²) in [6.45, 7) is 5.13. The van der Waals surface area contributed by atoms with Gasteiger partial charge in [0.25, 0.3) is 0 Å². The molecule has 5 nitrogen and oxygen atoms in total. The number of ether oxygens (including phenoxy) is 3. The molecule has 0 spiro atoms. The lowest BCUT2D eigenvalue weighted by Crippen LogP contribution is -2.30. The fraction of sp³-hybridized carbons (Fsp3) is 0.500. The van der Waals surface area contributed by atoms with E-state index in [1.165, 1.54) is 7.11 Å². The standard InChI is InChI=1S/C16H22O5/c1-5-13-8-6-7-9-14(13)20-10-15(17)21-12(3)11(2)16(18)19-4/h6-9,11-12H,5,10H2,1-4H3/t11-,12-/m0/s1. The molecule has 1 aromatic rings. The summed E-state index contributed by atoms with van der Waals surface area (Å²) < 4.78 is 15.2. The summed E-state index contributed by atoms with van der Waals surface area (Å²) in [4.78, 5) is 23.1. The van der Waals surface area contributed by atoms with Gasteiger partial charge in [-0.05, 0) is 31.9 Å². The molecule has 2 atom stereocenters. The first kappa shape index (κ1) is 17.0. The van der Waals surface area contributed by atoms with E-state index in [2.05, 4.69) is 4.74 Å². The molecule has 0 heterocycles. The minimum absolute atomic E-state index is 0.185. The largest absolute Gasteiger partial charge is 0.482 e. The zero-order valence-corrected chi connectivity index (χ0v) is 12.9. The van der Waals surface area contributed by atoms with Crippen LogP contribution in [0.15, 0.2) is 24.3 Å². The predicted octanol–water partition coefficient (Wildman–Crippen LogP) is 2.37. The second kappa shape index (κ2) is 8.29. The van der Waals surface area contributed by atoms with E-state index < -0.39 is 24.0 Å². The summed E-state index contributed by atoms with van der Waals surface area (Å²) in [7, 11) is 1.30. The molecule has 0 radical (unpaired) electrons. The second-order valence-electron chi connectivity index (χ2n) is 4.76. The highest BCUT2D eigenvalue weighted by atomic mass is 16.6. The molecule has 0 aliphatic heterocycles. The zero-order chi connectivity index (χ0) is 15.8. The lowest BCUT2D eigenvalue weighted by atomic mass is 10.1. The SMILES string of the molecule is CCc1ccccc1OCC(=O)O[C@@H](C)[C@H](C)C(=O)OC. The second-order valence-corrected chi connectivity index (χ2v) is 4.76. The molecule has 0 saturated heterocycles. The van der Waals surface area contributed by atoms with Crippen molar-refractivity contribution in [1.82, 2.24) is 0 Å². The van der Waals surface area contributed by atoms with Crippen LogP contribution in [0.4, 0.5) is 0 Å². The average molecular weight is 294 g/mol. The van der Waals surface area contributed by atoms with Crippen LogP contribution in [0.5, 0.6) is 5.75 Å². The van der Waals surface area contributed by atoms with E-state index in [1.807, 2.05) is 31.2 Å². The fourth-order valence-corrected chi connectivity index (χ4v) is 1.79. The minimum atomic E-state index is -0.560. The van der Waals surface area contributed by atoms with Crippen molar-refractivity contribution in [1.29, 1.82) is 0 Å². The van der Waals surface area contributed by atoms with Crippen molar-refractivity contribution in [2.24, 2.45) is 5.92 Å². The molecule has 5 heteroatoms. The Hall–Kier alpha value is -2.04. The Labute approximate surface area is 125 Å². The third-order valence-corrected chi connectivity index (χ3v) is 3.29. The van der Waals surface area contributed by atoms with Crippen molar-refractivity contribution in [3.05, 3.63) is 29.8 Å². The first-order chi connectivity index (χ1) is 9.99. The Bertz CT molecular complexity index is 483. The number of rotatable bonds is 7. The molecule has 21 heavy (non-hydrogen) atoms. The monoisotopic (exact) mass is 294 g/mol. The van der Waals surface area contributed by atoms with Crippen molar-refractivity contribution < 1.29 is 23.8 Å². The van der Waals surface area contributed by atoms with E-state index in [4.69, 9.17) is 9.47 Å². The van der Waals surface area contributed by atoms with Gasteiger partial charge in [0.05, 0.1) is 13.0 Å². The number of esters is 2. The zero-order valence-electron chi connectivity index (χ0n) is 12.9. The maximum absolute atomic E-state index is 11.7. The van der Waals surface area contributed by atoms with Gasteiger partial charge < -0.3 is 14.2 Å². The molecule has 1 rings (SSSR count). The number of benzene rings is 1. The van der Waals surface area contributed by atoms with Gasteiger partial charge in [0.2, 0.25) is 0 Å². The van der Waals surface area contributed by atoms with Crippen LogP contribution in [0.1, 0.15) is 26.3 Å². The molecule has 0 N–H and O–H groups in total. The van der Waals surface area contributed by atoms with Crippen LogP contribution < -0.4 is 4.74 Å². The van der Waals surface area contributed by atoms with Gasteiger partial charge in [-0.1, -0.05) is 25.1 Å². The number of carbonyl (C=O) groups excluding carboxylic acids is 2. The highest BCUT2D eigenvalue weighted by Crippen LogP contribution is 2.18. The number of hydrogen-bond acceptors (Lipinski definition) is 5. The average Bonchev–Trinajstić information content (AvgIpc) is 2.51. The van der Waals surface area contributed by atoms with Gasteiger partial charge in [0.1, 0.15) is 11.9 Å². The normalized spacial score (nSPS) is 13.1. The molecule has 0 aromatic heterocycles. The summed E-state index contributed by atoms with van der Waals surface area (Å²) in [5.41, 5.74) is 1.03. The highest BCUT2D eigenvalue weighted by Gasteiger charge is 2.24. The number of aryl methyl sites for hydroxylation is 1. The van der Waals surface area contributed by atoms with Crippen LogP contribution in [0, 0.1) is 5.92 Å². The summed E-state index contributed by atoms with van der Waals surface area (Å²) >= 11 is 0. The molecule has 0 unspecified atom stereocenters. The van der Waals surface area contributed by atoms with E-state index in [0.717, 1.165) is 12.0 Å². The fourth-order valence-electron chi connectivity index (χ4n) is 1.79. The van der Waals surface area contributed by atoms with Gasteiger partial charge >= 0.3 is 11.9 Å². The Kier molecular flexibility index (Phi) is 6.72. The first-order valence-corrected chi connectivity index (χ1v) is 6.97. The van der Waals surface area contributed by atoms with Crippen LogP contribution in [0.25, 0.3) is 0 Å². The van der Waals surface area contributed by atoms with Crippen LogP contribution in [-0.4, -0.2) is 31.8 Å². The van der Waals surface area contributed by atoms with Crippen molar-refractivity contribution in [3.63, 3.8) is 0 Å². The lowest BCUT2D eigenvalue weighted by molar-refractivity contribution is -0.159. The molecule has 0 aliphatic rings. The number of carbonyl (C=O) groups is 2. The molecule has 0 aliphatic carbocycles. The van der Waals surface area contributed by atoms with Gasteiger partial charge in [-0.3, -0.25) is 4.79 Å². The Morgan fingerprint density at radius 1 is 1.19 bits per heavy atom. The summed E-state index contributed by atoms with van der Waals surface area (Å²) in [6, 6.07) is 7.53. The number of hydrogen-bond donors (Lipinski definition) is 0. The molecule has 0 saturated carbocycles. The molecule has 0 bridgehead atoms.